The average Bonchev–Trinajstić information content (AvgIpc) is 2.84. The number of fused-ring (bicyclic) bond motifs is 1. The van der Waals surface area contributed by atoms with E-state index in [0.717, 1.165) is 11.3 Å². The molecule has 0 aliphatic heterocycles. The normalized spacial score (nSPS) is 14.3. The van der Waals surface area contributed by atoms with Crippen molar-refractivity contribution in [1.82, 2.24) is 0 Å². The second-order valence-electron chi connectivity index (χ2n) is 4.82. The van der Waals surface area contributed by atoms with Gasteiger partial charge >= 0.3 is 0 Å². The van der Waals surface area contributed by atoms with Gasteiger partial charge in [0.2, 0.25) is 5.91 Å². The second-order valence-corrected chi connectivity index (χ2v) is 4.82. The number of allylic oxidation sites excluding steroid dienone is 2. The van der Waals surface area contributed by atoms with Crippen LogP contribution in [-0.2, 0) is 4.79 Å². The van der Waals surface area contributed by atoms with E-state index < -0.39 is 0 Å². The summed E-state index contributed by atoms with van der Waals surface area (Å²) in [4.78, 5) is 11.0. The molecule has 2 heteroatoms. The fourth-order valence-electron chi connectivity index (χ4n) is 2.35. The molecule has 1 aliphatic carbocycles. The lowest BCUT2D eigenvalue weighted by Gasteiger charge is -2.04. The first-order chi connectivity index (χ1) is 9.72. The van der Waals surface area contributed by atoms with Gasteiger partial charge in [-0.3, -0.25) is 4.79 Å². The molecule has 2 aromatic carbocycles. The monoisotopic (exact) mass is 261 g/mol. The van der Waals surface area contributed by atoms with E-state index in [1.807, 2.05) is 30.3 Å². The van der Waals surface area contributed by atoms with Crippen molar-refractivity contribution in [2.75, 3.05) is 5.32 Å². The Morgan fingerprint density at radius 3 is 2.50 bits per heavy atom. The zero-order valence-electron chi connectivity index (χ0n) is 11.3. The maximum atomic E-state index is 11.0. The molecule has 2 aromatic rings. The molecule has 0 bridgehead atoms. The fraction of sp³-hybridized carbons (Fsp3) is 0.0556. The van der Waals surface area contributed by atoms with Crippen LogP contribution in [0.25, 0.3) is 17.7 Å². The lowest BCUT2D eigenvalue weighted by molar-refractivity contribution is -0.114. The van der Waals surface area contributed by atoms with Crippen molar-refractivity contribution in [2.24, 2.45) is 0 Å². The highest BCUT2D eigenvalue weighted by Crippen LogP contribution is 2.30. The molecule has 0 radical (unpaired) electrons. The molecule has 0 saturated heterocycles. The summed E-state index contributed by atoms with van der Waals surface area (Å²) in [5.74, 6) is -0.0521. The van der Waals surface area contributed by atoms with Crippen LogP contribution in [0.4, 0.5) is 5.69 Å². The van der Waals surface area contributed by atoms with Crippen molar-refractivity contribution < 1.29 is 4.79 Å². The van der Waals surface area contributed by atoms with Crippen molar-refractivity contribution in [2.45, 2.75) is 6.92 Å². The minimum absolute atomic E-state index is 0.0521. The Balaban J connectivity index is 1.87. The van der Waals surface area contributed by atoms with E-state index in [4.69, 9.17) is 0 Å². The van der Waals surface area contributed by atoms with Gasteiger partial charge in [-0.1, -0.05) is 48.6 Å². The minimum Gasteiger partial charge on any atom is -0.326 e. The standard InChI is InChI=1S/C18H15NO/c1-13(20)19-17-10-6-14(7-11-17)12-16-9-8-15-4-2-3-5-18(15)16/h2-12H,1H3,(H,19,20)/b16-12+. The van der Waals surface area contributed by atoms with Gasteiger partial charge in [0.15, 0.2) is 0 Å². The highest BCUT2D eigenvalue weighted by Gasteiger charge is 2.08. The molecule has 2 nitrogen and oxygen atoms in total. The average molecular weight is 261 g/mol. The van der Waals surface area contributed by atoms with Gasteiger partial charge in [0.25, 0.3) is 0 Å². The van der Waals surface area contributed by atoms with Gasteiger partial charge in [-0.05, 0) is 40.5 Å². The Morgan fingerprint density at radius 2 is 1.75 bits per heavy atom. The van der Waals surface area contributed by atoms with Crippen LogP contribution in [0.5, 0.6) is 0 Å². The summed E-state index contributed by atoms with van der Waals surface area (Å²) in [5.41, 5.74) is 5.68. The number of nitrogens with one attached hydrogen (secondary N) is 1. The predicted molar refractivity (Wildman–Crippen MR) is 84.1 cm³/mol. The van der Waals surface area contributed by atoms with Crippen LogP contribution in [0, 0.1) is 0 Å². The molecule has 1 aliphatic rings. The summed E-state index contributed by atoms with van der Waals surface area (Å²) in [5, 5.41) is 2.77. The molecule has 1 amide bonds. The molecule has 1 N–H and O–H groups in total. The summed E-state index contributed by atoms with van der Waals surface area (Å²) in [6.07, 6.45) is 6.42. The fourth-order valence-corrected chi connectivity index (χ4v) is 2.35. The molecule has 0 spiro atoms. The highest BCUT2D eigenvalue weighted by molar-refractivity contribution is 5.97. The maximum absolute atomic E-state index is 11.0. The predicted octanol–water partition coefficient (Wildman–Crippen LogP) is 4.21. The molecule has 98 valence electrons. The summed E-state index contributed by atoms with van der Waals surface area (Å²) in [6, 6.07) is 16.2. The molecule has 0 aromatic heterocycles. The van der Waals surface area contributed by atoms with Gasteiger partial charge in [-0.25, -0.2) is 0 Å². The Labute approximate surface area is 118 Å². The Morgan fingerprint density at radius 1 is 1.00 bits per heavy atom. The number of benzene rings is 2. The van der Waals surface area contributed by atoms with Gasteiger partial charge < -0.3 is 5.32 Å². The van der Waals surface area contributed by atoms with Gasteiger partial charge in [0, 0.05) is 12.6 Å². The first-order valence-corrected chi connectivity index (χ1v) is 6.59. The number of carbonyl (C=O) groups excluding carboxylic acids is 1. The SMILES string of the molecule is CC(=O)Nc1ccc(/C=C2\C=Cc3ccccc32)cc1. The third kappa shape index (κ3) is 2.54. The third-order valence-corrected chi connectivity index (χ3v) is 3.27. The molecule has 0 saturated carbocycles. The summed E-state index contributed by atoms with van der Waals surface area (Å²) >= 11 is 0. The van der Waals surface area contributed by atoms with E-state index in [1.54, 1.807) is 0 Å². The van der Waals surface area contributed by atoms with Crippen molar-refractivity contribution in [3.63, 3.8) is 0 Å². The van der Waals surface area contributed by atoms with E-state index in [0.29, 0.717) is 0 Å². The van der Waals surface area contributed by atoms with Crippen LogP contribution in [0.15, 0.2) is 54.6 Å². The van der Waals surface area contributed by atoms with Crippen molar-refractivity contribution in [3.8, 4) is 0 Å². The maximum Gasteiger partial charge on any atom is 0.221 e. The number of rotatable bonds is 2. The van der Waals surface area contributed by atoms with E-state index >= 15 is 0 Å². The summed E-state index contributed by atoms with van der Waals surface area (Å²) in [6.45, 7) is 1.51. The molecule has 0 heterocycles. The minimum atomic E-state index is -0.0521. The number of carbonyl (C=O) groups is 1. The first-order valence-electron chi connectivity index (χ1n) is 6.59. The highest BCUT2D eigenvalue weighted by atomic mass is 16.1. The summed E-state index contributed by atoms with van der Waals surface area (Å²) < 4.78 is 0. The lowest BCUT2D eigenvalue weighted by atomic mass is 10.0. The Kier molecular flexibility index (Phi) is 3.21. The van der Waals surface area contributed by atoms with Gasteiger partial charge in [0.1, 0.15) is 0 Å². The van der Waals surface area contributed by atoms with Crippen molar-refractivity contribution in [1.29, 1.82) is 0 Å². The molecule has 0 unspecified atom stereocenters. The van der Waals surface area contributed by atoms with Crippen molar-refractivity contribution in [3.05, 3.63) is 71.3 Å². The third-order valence-electron chi connectivity index (χ3n) is 3.27. The number of amides is 1. The molecule has 0 atom stereocenters. The van der Waals surface area contributed by atoms with Crippen LogP contribution in [0.1, 0.15) is 23.6 Å². The number of anilines is 1. The molecule has 3 rings (SSSR count). The Bertz CT molecular complexity index is 708. The summed E-state index contributed by atoms with van der Waals surface area (Å²) in [7, 11) is 0. The van der Waals surface area contributed by atoms with Gasteiger partial charge in [-0.15, -0.1) is 0 Å². The van der Waals surface area contributed by atoms with E-state index in [2.05, 4.69) is 41.7 Å². The van der Waals surface area contributed by atoms with Crippen LogP contribution < -0.4 is 5.32 Å². The topological polar surface area (TPSA) is 29.1 Å². The van der Waals surface area contributed by atoms with E-state index in [9.17, 15) is 4.79 Å². The largest absolute Gasteiger partial charge is 0.326 e. The van der Waals surface area contributed by atoms with Gasteiger partial charge in [-0.2, -0.15) is 0 Å². The van der Waals surface area contributed by atoms with Crippen LogP contribution in [0.2, 0.25) is 0 Å². The molecular formula is C18H15NO. The Hall–Kier alpha value is -2.61. The molecular weight excluding hydrogens is 246 g/mol. The first kappa shape index (κ1) is 12.4. The quantitative estimate of drug-likeness (QED) is 0.862. The lowest BCUT2D eigenvalue weighted by Crippen LogP contribution is -2.05. The van der Waals surface area contributed by atoms with Crippen LogP contribution in [-0.4, -0.2) is 5.91 Å². The number of hydrogen-bond acceptors (Lipinski definition) is 1. The zero-order chi connectivity index (χ0) is 13.9. The molecule has 0 fully saturated rings. The molecule has 20 heavy (non-hydrogen) atoms. The smallest absolute Gasteiger partial charge is 0.221 e. The zero-order valence-corrected chi connectivity index (χ0v) is 11.3. The second kappa shape index (κ2) is 5.17. The van der Waals surface area contributed by atoms with E-state index in [-0.39, 0.29) is 5.91 Å². The van der Waals surface area contributed by atoms with Crippen LogP contribution in [0.3, 0.4) is 0 Å². The van der Waals surface area contributed by atoms with Crippen LogP contribution >= 0.6 is 0 Å². The van der Waals surface area contributed by atoms with Crippen molar-refractivity contribution >= 4 is 29.3 Å². The van der Waals surface area contributed by atoms with E-state index in [1.165, 1.54) is 23.6 Å². The number of hydrogen-bond donors (Lipinski definition) is 1. The van der Waals surface area contributed by atoms with Gasteiger partial charge in [0.05, 0.1) is 0 Å².